The molecule has 0 aliphatic carbocycles. The molecule has 1 aromatic carbocycles. The second-order valence-corrected chi connectivity index (χ2v) is 8.06. The summed E-state index contributed by atoms with van der Waals surface area (Å²) < 4.78 is 49.2. The number of nitrogens with one attached hydrogen (secondary N) is 2. The first-order chi connectivity index (χ1) is 15.7. The third-order valence-electron chi connectivity index (χ3n) is 5.01. The van der Waals surface area contributed by atoms with E-state index >= 15 is 0 Å². The summed E-state index contributed by atoms with van der Waals surface area (Å²) in [5, 5.41) is 2.74. The molecule has 11 heteroatoms. The highest BCUT2D eigenvalue weighted by molar-refractivity contribution is 5.69. The van der Waals surface area contributed by atoms with Crippen LogP contribution in [0.1, 0.15) is 13.8 Å². The van der Waals surface area contributed by atoms with Crippen molar-refractivity contribution in [3.05, 3.63) is 58.9 Å². The molecule has 0 saturated carbocycles. The number of hydrogen-bond donors (Lipinski definition) is 2. The predicted octanol–water partition coefficient (Wildman–Crippen LogP) is 3.93. The van der Waals surface area contributed by atoms with Gasteiger partial charge < -0.3 is 24.7 Å². The molecule has 1 fully saturated rings. The molecule has 0 amide bonds. The summed E-state index contributed by atoms with van der Waals surface area (Å²) in [5.41, 5.74) is 0.390. The summed E-state index contributed by atoms with van der Waals surface area (Å²) in [7, 11) is 0. The van der Waals surface area contributed by atoms with Crippen molar-refractivity contribution in [2.24, 2.45) is 0 Å². The average Bonchev–Trinajstić information content (AvgIpc) is 2.76. The monoisotopic (exact) mass is 461 g/mol. The Kier molecular flexibility index (Phi) is 6.23. The summed E-state index contributed by atoms with van der Waals surface area (Å²) in [6.45, 7) is 2.53. The number of alkyl halides is 2. The molecule has 0 bridgehead atoms. The zero-order chi connectivity index (χ0) is 23.6. The molecule has 1 saturated heterocycles. The fourth-order valence-corrected chi connectivity index (χ4v) is 3.48. The van der Waals surface area contributed by atoms with Gasteiger partial charge in [-0.15, -0.1) is 0 Å². The first-order valence-corrected chi connectivity index (χ1v) is 10.2. The van der Waals surface area contributed by atoms with Crippen LogP contribution in [0.5, 0.6) is 5.75 Å². The highest BCUT2D eigenvalue weighted by Gasteiger charge is 2.29. The van der Waals surface area contributed by atoms with Crippen molar-refractivity contribution in [2.75, 3.05) is 29.9 Å². The van der Waals surface area contributed by atoms with Crippen LogP contribution in [0, 0.1) is 5.82 Å². The minimum Gasteiger partial charge on any atom is -0.435 e. The molecule has 0 radical (unpaired) electrons. The van der Waals surface area contributed by atoms with Crippen LogP contribution in [-0.4, -0.2) is 46.9 Å². The Labute approximate surface area is 187 Å². The zero-order valence-corrected chi connectivity index (χ0v) is 17.9. The Morgan fingerprint density at radius 3 is 2.70 bits per heavy atom. The maximum Gasteiger partial charge on any atom is 0.387 e. The van der Waals surface area contributed by atoms with Crippen molar-refractivity contribution in [3.8, 4) is 16.9 Å². The molecule has 0 spiro atoms. The van der Waals surface area contributed by atoms with Crippen molar-refractivity contribution < 1.29 is 22.6 Å². The Hall–Kier alpha value is -3.60. The predicted molar refractivity (Wildman–Crippen MR) is 117 cm³/mol. The normalized spacial score (nSPS) is 15.5. The number of halogens is 3. The number of benzene rings is 1. The lowest BCUT2D eigenvalue weighted by Crippen LogP contribution is -2.49. The molecule has 3 heterocycles. The number of pyridine rings is 1. The maximum atomic E-state index is 14.5. The molecular formula is C22H22F3N5O3. The molecule has 0 atom stereocenters. The third kappa shape index (κ3) is 5.43. The number of rotatable bonds is 6. The van der Waals surface area contributed by atoms with Crippen LogP contribution in [0.15, 0.2) is 47.5 Å². The van der Waals surface area contributed by atoms with E-state index in [0.717, 1.165) is 6.20 Å². The lowest BCUT2D eigenvalue weighted by Gasteiger charge is -2.38. The topological polar surface area (TPSA) is 92.4 Å². The SMILES string of the molecule is CC1(C)CN(c2ncc(F)c(Nc3cc(-c4ccc(OC(F)F)cc4)c[nH]c3=O)n2)CCO1. The summed E-state index contributed by atoms with van der Waals surface area (Å²) in [6.07, 6.45) is 2.51. The van der Waals surface area contributed by atoms with Gasteiger partial charge in [0.15, 0.2) is 11.6 Å². The molecule has 174 valence electrons. The van der Waals surface area contributed by atoms with Gasteiger partial charge in [-0.05, 0) is 37.6 Å². The summed E-state index contributed by atoms with van der Waals surface area (Å²) in [4.78, 5) is 25.2. The van der Waals surface area contributed by atoms with Gasteiger partial charge in [0.2, 0.25) is 5.95 Å². The molecule has 2 aromatic heterocycles. The van der Waals surface area contributed by atoms with Gasteiger partial charge in [-0.2, -0.15) is 13.8 Å². The zero-order valence-electron chi connectivity index (χ0n) is 17.9. The number of hydrogen-bond acceptors (Lipinski definition) is 7. The molecule has 33 heavy (non-hydrogen) atoms. The second-order valence-electron chi connectivity index (χ2n) is 8.06. The van der Waals surface area contributed by atoms with E-state index in [-0.39, 0.29) is 17.3 Å². The van der Waals surface area contributed by atoms with Gasteiger partial charge in [0, 0.05) is 24.8 Å². The number of nitrogens with zero attached hydrogens (tertiary/aromatic N) is 3. The largest absolute Gasteiger partial charge is 0.435 e. The molecule has 1 aliphatic rings. The van der Waals surface area contributed by atoms with Gasteiger partial charge in [-0.1, -0.05) is 12.1 Å². The fourth-order valence-electron chi connectivity index (χ4n) is 3.48. The van der Waals surface area contributed by atoms with Gasteiger partial charge in [0.05, 0.1) is 18.4 Å². The Balaban J connectivity index is 1.58. The summed E-state index contributed by atoms with van der Waals surface area (Å²) >= 11 is 0. The first kappa shape index (κ1) is 22.6. The highest BCUT2D eigenvalue weighted by Crippen LogP contribution is 2.26. The van der Waals surface area contributed by atoms with E-state index in [2.05, 4.69) is 25.0 Å². The van der Waals surface area contributed by atoms with Crippen LogP contribution in [0.2, 0.25) is 0 Å². The molecule has 2 N–H and O–H groups in total. The molecular weight excluding hydrogens is 439 g/mol. The lowest BCUT2D eigenvalue weighted by molar-refractivity contribution is -0.0498. The Morgan fingerprint density at radius 2 is 2.00 bits per heavy atom. The Bertz CT molecular complexity index is 1180. The van der Waals surface area contributed by atoms with E-state index in [0.29, 0.717) is 36.8 Å². The highest BCUT2D eigenvalue weighted by atomic mass is 19.3. The first-order valence-electron chi connectivity index (χ1n) is 10.2. The van der Waals surface area contributed by atoms with E-state index < -0.39 is 23.6 Å². The van der Waals surface area contributed by atoms with E-state index in [1.807, 2.05) is 18.7 Å². The van der Waals surface area contributed by atoms with Crippen molar-refractivity contribution >= 4 is 17.5 Å². The van der Waals surface area contributed by atoms with Crippen LogP contribution in [0.3, 0.4) is 0 Å². The number of morpholine rings is 1. The van der Waals surface area contributed by atoms with E-state index in [1.165, 1.54) is 24.4 Å². The van der Waals surface area contributed by atoms with Crippen molar-refractivity contribution in [1.82, 2.24) is 15.0 Å². The number of aromatic nitrogens is 3. The standard InChI is InChI=1S/C22H22F3N5O3/c1-22(2)12-30(7-8-32-22)21-27-11-16(23)18(29-21)28-17-9-14(10-26-19(17)31)13-3-5-15(6-4-13)33-20(24)25/h3-6,9-11,20H,7-8,12H2,1-2H3,(H,26,31)(H,27,28,29). The quantitative estimate of drug-likeness (QED) is 0.575. The minimum absolute atomic E-state index is 0.0124. The number of anilines is 3. The van der Waals surface area contributed by atoms with Gasteiger partial charge in [0.25, 0.3) is 5.56 Å². The van der Waals surface area contributed by atoms with Crippen molar-refractivity contribution in [1.29, 1.82) is 0 Å². The molecule has 1 aliphatic heterocycles. The van der Waals surface area contributed by atoms with E-state index in [1.54, 1.807) is 12.1 Å². The molecule has 0 unspecified atom stereocenters. The Morgan fingerprint density at radius 1 is 1.24 bits per heavy atom. The van der Waals surface area contributed by atoms with Crippen LogP contribution in [0.25, 0.3) is 11.1 Å². The molecule has 8 nitrogen and oxygen atoms in total. The number of H-pyrrole nitrogens is 1. The number of ether oxygens (including phenoxy) is 2. The van der Waals surface area contributed by atoms with Crippen molar-refractivity contribution in [3.63, 3.8) is 0 Å². The molecule has 3 aromatic rings. The van der Waals surface area contributed by atoms with Gasteiger partial charge >= 0.3 is 6.61 Å². The average molecular weight is 461 g/mol. The van der Waals surface area contributed by atoms with Crippen LogP contribution < -0.4 is 20.5 Å². The van der Waals surface area contributed by atoms with E-state index in [9.17, 15) is 18.0 Å². The van der Waals surface area contributed by atoms with Gasteiger partial charge in [-0.3, -0.25) is 4.79 Å². The smallest absolute Gasteiger partial charge is 0.387 e. The summed E-state index contributed by atoms with van der Waals surface area (Å²) in [6, 6.07) is 7.43. The van der Waals surface area contributed by atoms with Crippen LogP contribution in [0.4, 0.5) is 30.6 Å². The molecule has 4 rings (SSSR count). The lowest BCUT2D eigenvalue weighted by atomic mass is 10.1. The summed E-state index contributed by atoms with van der Waals surface area (Å²) in [5.74, 6) is -0.534. The van der Waals surface area contributed by atoms with Gasteiger partial charge in [0.1, 0.15) is 11.4 Å². The minimum atomic E-state index is -2.92. The van der Waals surface area contributed by atoms with Crippen LogP contribution >= 0.6 is 0 Å². The fraction of sp³-hybridized carbons (Fsp3) is 0.318. The maximum absolute atomic E-state index is 14.5. The second kappa shape index (κ2) is 9.10. The third-order valence-corrected chi connectivity index (χ3v) is 5.01. The van der Waals surface area contributed by atoms with Crippen LogP contribution in [-0.2, 0) is 4.74 Å². The van der Waals surface area contributed by atoms with E-state index in [4.69, 9.17) is 4.74 Å². The number of aromatic amines is 1. The van der Waals surface area contributed by atoms with Gasteiger partial charge in [-0.25, -0.2) is 9.37 Å². The van der Waals surface area contributed by atoms with Crippen molar-refractivity contribution in [2.45, 2.75) is 26.1 Å².